The maximum Gasteiger partial charge on any atom is 0.261 e. The molecule has 0 unspecified atom stereocenters. The zero-order valence-corrected chi connectivity index (χ0v) is 11.5. The minimum Gasteiger partial charge on any atom is -0.492 e. The van der Waals surface area contributed by atoms with Crippen molar-refractivity contribution < 1.29 is 13.2 Å². The Hall–Kier alpha value is -1.70. The van der Waals surface area contributed by atoms with Gasteiger partial charge in [0.15, 0.2) is 0 Å². The van der Waals surface area contributed by atoms with Crippen molar-refractivity contribution >= 4 is 30.5 Å². The number of halogens is 1. The van der Waals surface area contributed by atoms with Crippen LogP contribution < -0.4 is 4.74 Å². The largest absolute Gasteiger partial charge is 0.492 e. The van der Waals surface area contributed by atoms with Crippen LogP contribution in [0.25, 0.3) is 10.8 Å². The molecule has 0 fully saturated rings. The molecular formula is C14H11ClO3S. The topological polar surface area (TPSA) is 43.4 Å². The molecule has 0 heterocycles. The van der Waals surface area contributed by atoms with Gasteiger partial charge in [-0.2, -0.15) is 0 Å². The zero-order valence-electron chi connectivity index (χ0n) is 9.97. The molecule has 0 aromatic heterocycles. The highest BCUT2D eigenvalue weighted by atomic mass is 35.7. The van der Waals surface area contributed by atoms with Crippen LogP contribution in [0.5, 0.6) is 5.75 Å². The number of ether oxygens (including phenoxy) is 1. The summed E-state index contributed by atoms with van der Waals surface area (Å²) in [6.45, 7) is 0.382. The first-order valence-electron chi connectivity index (χ1n) is 5.56. The van der Waals surface area contributed by atoms with Gasteiger partial charge in [0.25, 0.3) is 9.05 Å². The van der Waals surface area contributed by atoms with Crippen LogP contribution in [0.4, 0.5) is 0 Å². The van der Waals surface area contributed by atoms with E-state index in [1.165, 1.54) is 6.07 Å². The number of hydrogen-bond acceptors (Lipinski definition) is 3. The van der Waals surface area contributed by atoms with E-state index in [9.17, 15) is 8.42 Å². The van der Waals surface area contributed by atoms with E-state index >= 15 is 0 Å². The lowest BCUT2D eigenvalue weighted by atomic mass is 10.1. The van der Waals surface area contributed by atoms with Crippen LogP contribution in [0.2, 0.25) is 0 Å². The van der Waals surface area contributed by atoms with Crippen molar-refractivity contribution in [3.63, 3.8) is 0 Å². The average molecular weight is 295 g/mol. The summed E-state index contributed by atoms with van der Waals surface area (Å²) in [5.74, 6) is 3.07. The molecule has 0 N–H and O–H groups in total. The van der Waals surface area contributed by atoms with Crippen LogP contribution in [0, 0.1) is 12.3 Å². The lowest BCUT2D eigenvalue weighted by Crippen LogP contribution is -1.98. The standard InChI is InChI=1S/C14H11ClO3S/c1-2-3-10-18-13-8-9-14(19(15,16)17)12-7-5-4-6-11(12)13/h1,4-9H,3,10H2. The fraction of sp³-hybridized carbons (Fsp3) is 0.143. The van der Waals surface area contributed by atoms with Crippen LogP contribution in [-0.4, -0.2) is 15.0 Å². The van der Waals surface area contributed by atoms with Crippen LogP contribution >= 0.6 is 10.7 Å². The molecule has 0 radical (unpaired) electrons. The van der Waals surface area contributed by atoms with E-state index in [2.05, 4.69) is 5.92 Å². The first kappa shape index (κ1) is 13.7. The Bertz CT molecular complexity index is 745. The predicted molar refractivity (Wildman–Crippen MR) is 75.9 cm³/mol. The third-order valence-electron chi connectivity index (χ3n) is 2.61. The second-order valence-corrected chi connectivity index (χ2v) is 6.38. The average Bonchev–Trinajstić information content (AvgIpc) is 2.37. The first-order valence-corrected chi connectivity index (χ1v) is 7.87. The van der Waals surface area contributed by atoms with E-state index in [1.54, 1.807) is 30.3 Å². The lowest BCUT2D eigenvalue weighted by molar-refractivity contribution is 0.331. The second-order valence-electron chi connectivity index (χ2n) is 3.85. The van der Waals surface area contributed by atoms with Crippen LogP contribution in [0.1, 0.15) is 6.42 Å². The summed E-state index contributed by atoms with van der Waals surface area (Å²) < 4.78 is 28.6. The third kappa shape index (κ3) is 3.01. The van der Waals surface area contributed by atoms with Crippen molar-refractivity contribution in [3.05, 3.63) is 36.4 Å². The van der Waals surface area contributed by atoms with Crippen LogP contribution in [-0.2, 0) is 9.05 Å². The SMILES string of the molecule is C#CCCOc1ccc(S(=O)(=O)Cl)c2ccccc12. The number of benzene rings is 2. The van der Waals surface area contributed by atoms with Gasteiger partial charge in [0.05, 0.1) is 11.5 Å². The summed E-state index contributed by atoms with van der Waals surface area (Å²) in [4.78, 5) is 0.0778. The maximum absolute atomic E-state index is 11.5. The summed E-state index contributed by atoms with van der Waals surface area (Å²) >= 11 is 0. The van der Waals surface area contributed by atoms with Crippen molar-refractivity contribution in [2.45, 2.75) is 11.3 Å². The quantitative estimate of drug-likeness (QED) is 0.494. The van der Waals surface area contributed by atoms with Crippen molar-refractivity contribution in [2.24, 2.45) is 0 Å². The van der Waals surface area contributed by atoms with Crippen molar-refractivity contribution in [1.82, 2.24) is 0 Å². The number of terminal acetylenes is 1. The fourth-order valence-corrected chi connectivity index (χ4v) is 2.88. The van der Waals surface area contributed by atoms with Crippen molar-refractivity contribution in [2.75, 3.05) is 6.61 Å². The van der Waals surface area contributed by atoms with Gasteiger partial charge in [0.2, 0.25) is 0 Å². The second kappa shape index (κ2) is 5.52. The molecule has 0 saturated carbocycles. The van der Waals surface area contributed by atoms with Crippen LogP contribution in [0.3, 0.4) is 0 Å². The Morgan fingerprint density at radius 3 is 2.47 bits per heavy atom. The smallest absolute Gasteiger partial charge is 0.261 e. The summed E-state index contributed by atoms with van der Waals surface area (Å²) in [5.41, 5.74) is 0. The highest BCUT2D eigenvalue weighted by Crippen LogP contribution is 2.32. The van der Waals surface area contributed by atoms with Crippen molar-refractivity contribution in [1.29, 1.82) is 0 Å². The molecule has 0 spiro atoms. The molecule has 5 heteroatoms. The Kier molecular flexibility index (Phi) is 3.98. The van der Waals surface area contributed by atoms with E-state index in [0.717, 1.165) is 0 Å². The summed E-state index contributed by atoms with van der Waals surface area (Å²) in [5, 5.41) is 1.23. The van der Waals surface area contributed by atoms with Gasteiger partial charge in [-0.25, -0.2) is 8.42 Å². The number of fused-ring (bicyclic) bond motifs is 1. The molecule has 0 aliphatic carbocycles. The van der Waals surface area contributed by atoms with Gasteiger partial charge in [0.1, 0.15) is 5.75 Å². The molecule has 3 nitrogen and oxygen atoms in total. The first-order chi connectivity index (χ1) is 9.04. The number of rotatable bonds is 4. The van der Waals surface area contributed by atoms with E-state index in [4.69, 9.17) is 21.8 Å². The summed E-state index contributed by atoms with van der Waals surface area (Å²) in [6.07, 6.45) is 5.65. The highest BCUT2D eigenvalue weighted by molar-refractivity contribution is 8.14. The van der Waals surface area contributed by atoms with E-state index in [0.29, 0.717) is 29.5 Å². The highest BCUT2D eigenvalue weighted by Gasteiger charge is 2.16. The van der Waals surface area contributed by atoms with Gasteiger partial charge < -0.3 is 4.74 Å². The molecule has 0 saturated heterocycles. The van der Waals surface area contributed by atoms with Gasteiger partial charge >= 0.3 is 0 Å². The monoisotopic (exact) mass is 294 g/mol. The summed E-state index contributed by atoms with van der Waals surface area (Å²) in [7, 11) is 1.63. The Morgan fingerprint density at radius 1 is 1.16 bits per heavy atom. The van der Waals surface area contributed by atoms with Crippen LogP contribution in [0.15, 0.2) is 41.3 Å². The minimum absolute atomic E-state index is 0.0778. The van der Waals surface area contributed by atoms with Gasteiger partial charge in [-0.05, 0) is 12.1 Å². The van der Waals surface area contributed by atoms with Gasteiger partial charge in [-0.15, -0.1) is 12.3 Å². The molecule has 0 bridgehead atoms. The fourth-order valence-electron chi connectivity index (χ4n) is 1.80. The molecule has 19 heavy (non-hydrogen) atoms. The molecular weight excluding hydrogens is 284 g/mol. The molecule has 98 valence electrons. The van der Waals surface area contributed by atoms with Gasteiger partial charge in [0, 0.05) is 27.9 Å². The Morgan fingerprint density at radius 2 is 1.84 bits per heavy atom. The van der Waals surface area contributed by atoms with Gasteiger partial charge in [-0.3, -0.25) is 0 Å². The maximum atomic E-state index is 11.5. The minimum atomic E-state index is -3.79. The van der Waals surface area contributed by atoms with Crippen molar-refractivity contribution in [3.8, 4) is 18.1 Å². The van der Waals surface area contributed by atoms with E-state index in [1.807, 2.05) is 0 Å². The Balaban J connectivity index is 2.56. The zero-order chi connectivity index (χ0) is 13.9. The number of hydrogen-bond donors (Lipinski definition) is 0. The molecule has 2 aromatic carbocycles. The molecule has 0 atom stereocenters. The molecule has 2 rings (SSSR count). The molecule has 0 aliphatic heterocycles. The molecule has 0 aliphatic rings. The third-order valence-corrected chi connectivity index (χ3v) is 3.99. The van der Waals surface area contributed by atoms with Gasteiger partial charge in [-0.1, -0.05) is 24.3 Å². The summed E-state index contributed by atoms with van der Waals surface area (Å²) in [6, 6.07) is 10.1. The Labute approximate surface area is 116 Å². The lowest BCUT2D eigenvalue weighted by Gasteiger charge is -2.10. The molecule has 0 amide bonds. The molecule has 2 aromatic rings. The normalized spacial score (nSPS) is 11.2. The van der Waals surface area contributed by atoms with E-state index < -0.39 is 9.05 Å². The van der Waals surface area contributed by atoms with E-state index in [-0.39, 0.29) is 4.90 Å². The predicted octanol–water partition coefficient (Wildman–Crippen LogP) is 3.17.